The Kier molecular flexibility index (Phi) is 6.31. The van der Waals surface area contributed by atoms with Crippen LogP contribution in [0.15, 0.2) is 22.9 Å². The second-order valence-corrected chi connectivity index (χ2v) is 6.10. The molecule has 2 rings (SSSR count). The topological polar surface area (TPSA) is 51.7 Å². The summed E-state index contributed by atoms with van der Waals surface area (Å²) in [7, 11) is 3.24. The van der Waals surface area contributed by atoms with Gasteiger partial charge in [-0.2, -0.15) is 0 Å². The lowest BCUT2D eigenvalue weighted by Gasteiger charge is -2.20. The second kappa shape index (κ2) is 8.23. The number of hydrogen-bond acceptors (Lipinski definition) is 6. The largest absolute Gasteiger partial charge is 0.383 e. The Labute approximate surface area is 132 Å². The van der Waals surface area contributed by atoms with E-state index in [1.54, 1.807) is 30.5 Å². The van der Waals surface area contributed by atoms with E-state index in [4.69, 9.17) is 9.47 Å². The quantitative estimate of drug-likeness (QED) is 0.748. The number of thiazole rings is 1. The standard InChI is InChI=1S/C14H18N2O3S2/c1-18-7-5-16(6-8-19-2)14(17)11-10-21-13(15-11)12-4-3-9-20-12/h3-4,9-10H,5-8H2,1-2H3. The molecule has 21 heavy (non-hydrogen) atoms. The lowest BCUT2D eigenvalue weighted by atomic mass is 10.3. The molecule has 0 fully saturated rings. The zero-order chi connectivity index (χ0) is 15.1. The monoisotopic (exact) mass is 326 g/mol. The maximum absolute atomic E-state index is 12.5. The van der Waals surface area contributed by atoms with E-state index in [2.05, 4.69) is 4.98 Å². The molecule has 5 nitrogen and oxygen atoms in total. The number of hydrogen-bond donors (Lipinski definition) is 0. The number of nitrogens with zero attached hydrogens (tertiary/aromatic N) is 2. The molecule has 0 radical (unpaired) electrons. The summed E-state index contributed by atoms with van der Waals surface area (Å²) in [4.78, 5) is 19.7. The normalized spacial score (nSPS) is 10.8. The summed E-state index contributed by atoms with van der Waals surface area (Å²) in [6.45, 7) is 2.06. The average Bonchev–Trinajstić information content (AvgIpc) is 3.17. The van der Waals surface area contributed by atoms with E-state index in [0.717, 1.165) is 9.88 Å². The van der Waals surface area contributed by atoms with E-state index in [1.807, 2.05) is 22.9 Å². The molecule has 1 amide bonds. The molecule has 0 spiro atoms. The van der Waals surface area contributed by atoms with Gasteiger partial charge in [0.1, 0.15) is 10.7 Å². The summed E-state index contributed by atoms with van der Waals surface area (Å²) in [5.41, 5.74) is 0.482. The lowest BCUT2D eigenvalue weighted by molar-refractivity contribution is 0.0622. The number of aromatic nitrogens is 1. The molecular weight excluding hydrogens is 308 g/mol. The van der Waals surface area contributed by atoms with Gasteiger partial charge < -0.3 is 14.4 Å². The van der Waals surface area contributed by atoms with Gasteiger partial charge in [0.25, 0.3) is 5.91 Å². The van der Waals surface area contributed by atoms with Gasteiger partial charge in [0.05, 0.1) is 18.1 Å². The highest BCUT2D eigenvalue weighted by Crippen LogP contribution is 2.28. The van der Waals surface area contributed by atoms with Crippen LogP contribution in [-0.2, 0) is 9.47 Å². The first-order valence-electron chi connectivity index (χ1n) is 6.52. The molecule has 114 valence electrons. The number of carbonyl (C=O) groups is 1. The van der Waals surface area contributed by atoms with Crippen molar-refractivity contribution in [1.82, 2.24) is 9.88 Å². The van der Waals surface area contributed by atoms with Gasteiger partial charge in [-0.3, -0.25) is 4.79 Å². The molecule has 0 saturated carbocycles. The molecule has 0 aliphatic heterocycles. The summed E-state index contributed by atoms with van der Waals surface area (Å²) < 4.78 is 10.1. The fraction of sp³-hybridized carbons (Fsp3) is 0.429. The van der Waals surface area contributed by atoms with Gasteiger partial charge in [-0.1, -0.05) is 6.07 Å². The van der Waals surface area contributed by atoms with Crippen LogP contribution in [0.2, 0.25) is 0 Å². The molecule has 0 saturated heterocycles. The number of thiophene rings is 1. The van der Waals surface area contributed by atoms with E-state index in [0.29, 0.717) is 32.0 Å². The second-order valence-electron chi connectivity index (χ2n) is 4.29. The van der Waals surface area contributed by atoms with Crippen LogP contribution < -0.4 is 0 Å². The first-order chi connectivity index (χ1) is 10.3. The van der Waals surface area contributed by atoms with Crippen LogP contribution in [-0.4, -0.2) is 56.3 Å². The van der Waals surface area contributed by atoms with Gasteiger partial charge in [-0.05, 0) is 11.4 Å². The first kappa shape index (κ1) is 16.1. The Hall–Kier alpha value is -1.28. The number of carbonyl (C=O) groups excluding carboxylic acids is 1. The molecule has 0 aliphatic rings. The van der Waals surface area contributed by atoms with Crippen molar-refractivity contribution in [2.75, 3.05) is 40.5 Å². The molecule has 0 bridgehead atoms. The van der Waals surface area contributed by atoms with Gasteiger partial charge >= 0.3 is 0 Å². The number of amides is 1. The van der Waals surface area contributed by atoms with Crippen molar-refractivity contribution in [2.45, 2.75) is 0 Å². The van der Waals surface area contributed by atoms with Crippen LogP contribution in [0.1, 0.15) is 10.5 Å². The zero-order valence-electron chi connectivity index (χ0n) is 12.1. The Bertz CT molecular complexity index is 546. The third kappa shape index (κ3) is 4.34. The maximum atomic E-state index is 12.5. The molecule has 0 unspecified atom stereocenters. The van der Waals surface area contributed by atoms with E-state index in [1.165, 1.54) is 11.3 Å². The highest BCUT2D eigenvalue weighted by Gasteiger charge is 2.19. The Morgan fingerprint density at radius 3 is 2.52 bits per heavy atom. The van der Waals surface area contributed by atoms with Crippen LogP contribution in [0.4, 0.5) is 0 Å². The van der Waals surface area contributed by atoms with Crippen LogP contribution in [0, 0.1) is 0 Å². The van der Waals surface area contributed by atoms with Crippen molar-refractivity contribution in [3.05, 3.63) is 28.6 Å². The highest BCUT2D eigenvalue weighted by molar-refractivity contribution is 7.20. The zero-order valence-corrected chi connectivity index (χ0v) is 13.7. The summed E-state index contributed by atoms with van der Waals surface area (Å²) in [6.07, 6.45) is 0. The van der Waals surface area contributed by atoms with Gasteiger partial charge in [-0.25, -0.2) is 4.98 Å². The molecule has 0 N–H and O–H groups in total. The van der Waals surface area contributed by atoms with Gasteiger partial charge in [0.15, 0.2) is 0 Å². The molecule has 2 aromatic heterocycles. The minimum atomic E-state index is -0.0804. The van der Waals surface area contributed by atoms with Gasteiger partial charge in [-0.15, -0.1) is 22.7 Å². The fourth-order valence-electron chi connectivity index (χ4n) is 1.77. The molecule has 7 heteroatoms. The molecule has 0 atom stereocenters. The van der Waals surface area contributed by atoms with E-state index < -0.39 is 0 Å². The van der Waals surface area contributed by atoms with Crippen molar-refractivity contribution < 1.29 is 14.3 Å². The van der Waals surface area contributed by atoms with Crippen LogP contribution in [0.25, 0.3) is 9.88 Å². The van der Waals surface area contributed by atoms with Crippen molar-refractivity contribution in [3.8, 4) is 9.88 Å². The smallest absolute Gasteiger partial charge is 0.273 e. The van der Waals surface area contributed by atoms with Crippen LogP contribution in [0.3, 0.4) is 0 Å². The highest BCUT2D eigenvalue weighted by atomic mass is 32.1. The van der Waals surface area contributed by atoms with E-state index >= 15 is 0 Å². The Balaban J connectivity index is 2.08. The first-order valence-corrected chi connectivity index (χ1v) is 8.28. The third-order valence-electron chi connectivity index (χ3n) is 2.87. The summed E-state index contributed by atoms with van der Waals surface area (Å²) in [6, 6.07) is 3.98. The van der Waals surface area contributed by atoms with Crippen molar-refractivity contribution in [1.29, 1.82) is 0 Å². The Morgan fingerprint density at radius 2 is 1.95 bits per heavy atom. The lowest BCUT2D eigenvalue weighted by Crippen LogP contribution is -2.36. The minimum Gasteiger partial charge on any atom is -0.383 e. The number of rotatable bonds is 8. The van der Waals surface area contributed by atoms with E-state index in [-0.39, 0.29) is 5.91 Å². The molecule has 0 aliphatic carbocycles. The molecule has 2 heterocycles. The molecule has 0 aromatic carbocycles. The third-order valence-corrected chi connectivity index (χ3v) is 4.75. The molecule has 2 aromatic rings. The number of methoxy groups -OCH3 is 2. The SMILES string of the molecule is COCCN(CCOC)C(=O)c1csc(-c2cccs2)n1. The van der Waals surface area contributed by atoms with Crippen molar-refractivity contribution >= 4 is 28.6 Å². The van der Waals surface area contributed by atoms with Gasteiger partial charge in [0.2, 0.25) is 0 Å². The maximum Gasteiger partial charge on any atom is 0.273 e. The summed E-state index contributed by atoms with van der Waals surface area (Å²) >= 11 is 3.11. The summed E-state index contributed by atoms with van der Waals surface area (Å²) in [5, 5.41) is 4.69. The summed E-state index contributed by atoms with van der Waals surface area (Å²) in [5.74, 6) is -0.0804. The Morgan fingerprint density at radius 1 is 1.24 bits per heavy atom. The van der Waals surface area contributed by atoms with Crippen LogP contribution in [0.5, 0.6) is 0 Å². The molecular formula is C14H18N2O3S2. The average molecular weight is 326 g/mol. The predicted octanol–water partition coefficient (Wildman–Crippen LogP) is 2.61. The number of ether oxygens (including phenoxy) is 2. The van der Waals surface area contributed by atoms with Crippen molar-refractivity contribution in [3.63, 3.8) is 0 Å². The predicted molar refractivity (Wildman–Crippen MR) is 85.1 cm³/mol. The van der Waals surface area contributed by atoms with E-state index in [9.17, 15) is 4.79 Å². The minimum absolute atomic E-state index is 0.0804. The van der Waals surface area contributed by atoms with Crippen LogP contribution >= 0.6 is 22.7 Å². The van der Waals surface area contributed by atoms with Gasteiger partial charge in [0, 0.05) is 32.7 Å². The fourth-order valence-corrected chi connectivity index (χ4v) is 3.37. The van der Waals surface area contributed by atoms with Crippen molar-refractivity contribution in [2.24, 2.45) is 0 Å².